The maximum Gasteiger partial charge on any atom is 0.306 e. The third-order valence-electron chi connectivity index (χ3n) is 1.93. The smallest absolute Gasteiger partial charge is 0.306 e. The first-order valence-electron chi connectivity index (χ1n) is 4.05. The molecule has 0 unspecified atom stereocenters. The molecule has 1 rings (SSSR count). The summed E-state index contributed by atoms with van der Waals surface area (Å²) in [6, 6.07) is 0. The Labute approximate surface area is 71.7 Å². The van der Waals surface area contributed by atoms with Gasteiger partial charge in [-0.15, -0.1) is 12.3 Å². The second kappa shape index (κ2) is 4.13. The van der Waals surface area contributed by atoms with Gasteiger partial charge in [-0.2, -0.15) is 0 Å². The van der Waals surface area contributed by atoms with E-state index in [1.165, 1.54) is 0 Å². The number of ether oxygens (including phenoxy) is 1. The van der Waals surface area contributed by atoms with Gasteiger partial charge in [0, 0.05) is 12.8 Å². The number of carbonyl (C=O) groups is 1. The van der Waals surface area contributed by atoms with Crippen LogP contribution in [0.15, 0.2) is 0 Å². The van der Waals surface area contributed by atoms with Crippen LogP contribution in [0.3, 0.4) is 0 Å². The predicted molar refractivity (Wildman–Crippen MR) is 43.2 cm³/mol. The number of cyclic esters (lactones) is 1. The molecular formula is C9H12O3. The minimum atomic E-state index is -0.590. The fourth-order valence-electron chi connectivity index (χ4n) is 1.23. The van der Waals surface area contributed by atoms with Gasteiger partial charge in [-0.1, -0.05) is 0 Å². The lowest BCUT2D eigenvalue weighted by atomic mass is 10.1. The first kappa shape index (κ1) is 9.08. The van der Waals surface area contributed by atoms with E-state index in [0.29, 0.717) is 25.7 Å². The van der Waals surface area contributed by atoms with Crippen molar-refractivity contribution in [3.8, 4) is 12.3 Å². The van der Waals surface area contributed by atoms with Crippen LogP contribution in [0.4, 0.5) is 0 Å². The normalized spacial score (nSPS) is 24.7. The number of terminal acetylenes is 1. The van der Waals surface area contributed by atoms with Crippen molar-refractivity contribution in [2.24, 2.45) is 0 Å². The van der Waals surface area contributed by atoms with E-state index in [0.717, 1.165) is 0 Å². The number of rotatable bonds is 3. The Hall–Kier alpha value is -1.01. The molecule has 12 heavy (non-hydrogen) atoms. The van der Waals surface area contributed by atoms with Crippen molar-refractivity contribution in [2.45, 2.75) is 37.9 Å². The second-order valence-corrected chi connectivity index (χ2v) is 2.88. The summed E-state index contributed by atoms with van der Waals surface area (Å²) in [7, 11) is 0. The molecule has 0 spiro atoms. The van der Waals surface area contributed by atoms with Crippen LogP contribution < -0.4 is 0 Å². The zero-order valence-electron chi connectivity index (χ0n) is 6.82. The topological polar surface area (TPSA) is 46.5 Å². The molecule has 0 bridgehead atoms. The SMILES string of the molecule is C#CCC[C@@H](O)[C@H]1CCC(=O)O1. The van der Waals surface area contributed by atoms with Gasteiger partial charge in [0.2, 0.25) is 0 Å². The molecule has 1 heterocycles. The number of hydrogen-bond acceptors (Lipinski definition) is 3. The van der Waals surface area contributed by atoms with E-state index in [1.807, 2.05) is 0 Å². The van der Waals surface area contributed by atoms with Gasteiger partial charge in [0.05, 0.1) is 6.10 Å². The summed E-state index contributed by atoms with van der Waals surface area (Å²) in [6.07, 6.45) is 6.18. The van der Waals surface area contributed by atoms with Gasteiger partial charge in [-0.05, 0) is 12.8 Å². The fraction of sp³-hybridized carbons (Fsp3) is 0.667. The highest BCUT2D eigenvalue weighted by Gasteiger charge is 2.29. The molecule has 0 aliphatic carbocycles. The standard InChI is InChI=1S/C9H12O3/c1-2-3-4-7(10)8-5-6-9(11)12-8/h1,7-8,10H,3-6H2/t7-,8-/m1/s1. The summed E-state index contributed by atoms with van der Waals surface area (Å²) in [5.41, 5.74) is 0. The summed E-state index contributed by atoms with van der Waals surface area (Å²) in [6.45, 7) is 0. The van der Waals surface area contributed by atoms with E-state index in [2.05, 4.69) is 5.92 Å². The summed E-state index contributed by atoms with van der Waals surface area (Å²) in [5, 5.41) is 9.43. The van der Waals surface area contributed by atoms with Crippen LogP contribution in [0.1, 0.15) is 25.7 Å². The van der Waals surface area contributed by atoms with Crippen molar-refractivity contribution in [3.63, 3.8) is 0 Å². The molecule has 2 atom stereocenters. The summed E-state index contributed by atoms with van der Waals surface area (Å²) in [5.74, 6) is 2.21. The lowest BCUT2D eigenvalue weighted by Gasteiger charge is -2.15. The Kier molecular flexibility index (Phi) is 3.12. The Bertz CT molecular complexity index is 204. The number of hydrogen-bond donors (Lipinski definition) is 1. The maximum atomic E-state index is 10.7. The molecule has 0 radical (unpaired) electrons. The van der Waals surface area contributed by atoms with Crippen molar-refractivity contribution in [1.82, 2.24) is 0 Å². The minimum absolute atomic E-state index is 0.222. The van der Waals surface area contributed by atoms with Crippen LogP contribution in [0.25, 0.3) is 0 Å². The van der Waals surface area contributed by atoms with Crippen LogP contribution >= 0.6 is 0 Å². The fourth-order valence-corrected chi connectivity index (χ4v) is 1.23. The number of aliphatic hydroxyl groups is 1. The van der Waals surface area contributed by atoms with E-state index in [-0.39, 0.29) is 12.1 Å². The molecule has 3 nitrogen and oxygen atoms in total. The van der Waals surface area contributed by atoms with Gasteiger partial charge in [-0.3, -0.25) is 4.79 Å². The van der Waals surface area contributed by atoms with E-state index in [1.54, 1.807) is 0 Å². The van der Waals surface area contributed by atoms with Crippen molar-refractivity contribution in [2.75, 3.05) is 0 Å². The highest BCUT2D eigenvalue weighted by molar-refractivity contribution is 5.71. The van der Waals surface area contributed by atoms with E-state index >= 15 is 0 Å². The monoisotopic (exact) mass is 168 g/mol. The van der Waals surface area contributed by atoms with Crippen LogP contribution in [-0.2, 0) is 9.53 Å². The third-order valence-corrected chi connectivity index (χ3v) is 1.93. The Morgan fingerprint density at radius 1 is 1.83 bits per heavy atom. The Morgan fingerprint density at radius 2 is 2.58 bits per heavy atom. The average molecular weight is 168 g/mol. The highest BCUT2D eigenvalue weighted by atomic mass is 16.6. The minimum Gasteiger partial charge on any atom is -0.460 e. The molecule has 1 aliphatic rings. The molecule has 0 aromatic heterocycles. The lowest BCUT2D eigenvalue weighted by molar-refractivity contribution is -0.145. The van der Waals surface area contributed by atoms with Gasteiger partial charge in [0.25, 0.3) is 0 Å². The van der Waals surface area contributed by atoms with E-state index in [4.69, 9.17) is 11.2 Å². The maximum absolute atomic E-state index is 10.7. The average Bonchev–Trinajstić information content (AvgIpc) is 2.47. The molecule has 1 N–H and O–H groups in total. The summed E-state index contributed by atoms with van der Waals surface area (Å²) in [4.78, 5) is 10.7. The first-order valence-corrected chi connectivity index (χ1v) is 4.05. The zero-order valence-corrected chi connectivity index (χ0v) is 6.82. The largest absolute Gasteiger partial charge is 0.460 e. The molecule has 0 amide bonds. The van der Waals surface area contributed by atoms with Crippen molar-refractivity contribution in [1.29, 1.82) is 0 Å². The van der Waals surface area contributed by atoms with Crippen LogP contribution in [0, 0.1) is 12.3 Å². The summed E-state index contributed by atoms with van der Waals surface area (Å²) < 4.78 is 4.86. The molecular weight excluding hydrogens is 156 g/mol. The third kappa shape index (κ3) is 2.24. The van der Waals surface area contributed by atoms with Gasteiger partial charge in [0.1, 0.15) is 6.10 Å². The molecule has 1 aliphatic heterocycles. The van der Waals surface area contributed by atoms with Crippen LogP contribution in [0.2, 0.25) is 0 Å². The highest BCUT2D eigenvalue weighted by Crippen LogP contribution is 2.19. The quantitative estimate of drug-likeness (QED) is 0.492. The number of aliphatic hydroxyl groups excluding tert-OH is 1. The van der Waals surface area contributed by atoms with Crippen molar-refractivity contribution >= 4 is 5.97 Å². The predicted octanol–water partition coefficient (Wildman–Crippen LogP) is 0.466. The molecule has 0 saturated carbocycles. The molecule has 0 aromatic carbocycles. The van der Waals surface area contributed by atoms with Crippen LogP contribution in [0.5, 0.6) is 0 Å². The molecule has 0 aromatic rings. The molecule has 1 fully saturated rings. The van der Waals surface area contributed by atoms with Crippen LogP contribution in [-0.4, -0.2) is 23.3 Å². The Balaban J connectivity index is 2.28. The zero-order chi connectivity index (χ0) is 8.97. The molecule has 1 saturated heterocycles. The lowest BCUT2D eigenvalue weighted by Crippen LogP contribution is -2.25. The second-order valence-electron chi connectivity index (χ2n) is 2.88. The number of carbonyl (C=O) groups excluding carboxylic acids is 1. The molecule has 3 heteroatoms. The van der Waals surface area contributed by atoms with Gasteiger partial charge in [-0.25, -0.2) is 0 Å². The van der Waals surface area contributed by atoms with Crippen molar-refractivity contribution in [3.05, 3.63) is 0 Å². The van der Waals surface area contributed by atoms with Gasteiger partial charge >= 0.3 is 5.97 Å². The van der Waals surface area contributed by atoms with Gasteiger partial charge in [0.15, 0.2) is 0 Å². The van der Waals surface area contributed by atoms with Crippen molar-refractivity contribution < 1.29 is 14.6 Å². The first-order chi connectivity index (χ1) is 5.74. The van der Waals surface area contributed by atoms with Gasteiger partial charge < -0.3 is 9.84 Å². The molecule has 66 valence electrons. The summed E-state index contributed by atoms with van der Waals surface area (Å²) >= 11 is 0. The van der Waals surface area contributed by atoms with E-state index < -0.39 is 6.10 Å². The van der Waals surface area contributed by atoms with E-state index in [9.17, 15) is 9.90 Å². The number of esters is 1. The Morgan fingerprint density at radius 3 is 3.08 bits per heavy atom.